The Morgan fingerprint density at radius 3 is 2.61 bits per heavy atom. The van der Waals surface area contributed by atoms with Crippen LogP contribution in [-0.4, -0.2) is 35.7 Å². The van der Waals surface area contributed by atoms with Gasteiger partial charge in [-0.3, -0.25) is 4.79 Å². The molecule has 4 aromatic rings. The summed E-state index contributed by atoms with van der Waals surface area (Å²) in [5.74, 6) is 2.71. The number of methoxy groups -OCH3 is 1. The van der Waals surface area contributed by atoms with Gasteiger partial charge in [-0.1, -0.05) is 24.3 Å². The van der Waals surface area contributed by atoms with E-state index in [-0.39, 0.29) is 11.8 Å². The standard InChI is InChI=1S/C27H27N3O3/c1-19-6-5-7-23(16-19)33-15-14-29-25-9-4-3-8-24(25)28-27(29)20-17-26(31)30(18-20)21-10-12-22(32-2)13-11-21/h3-13,16,20H,14-15,17-18H2,1-2H3/t20-/m1/s1. The zero-order chi connectivity index (χ0) is 22.8. The van der Waals surface area contributed by atoms with E-state index in [4.69, 9.17) is 14.5 Å². The van der Waals surface area contributed by atoms with Gasteiger partial charge in [0, 0.05) is 24.6 Å². The number of aryl methyl sites for hydroxylation is 1. The first-order chi connectivity index (χ1) is 16.1. The topological polar surface area (TPSA) is 56.6 Å². The number of ether oxygens (including phenoxy) is 2. The second kappa shape index (κ2) is 8.98. The molecule has 1 aliphatic heterocycles. The average Bonchev–Trinajstić information content (AvgIpc) is 3.40. The summed E-state index contributed by atoms with van der Waals surface area (Å²) in [4.78, 5) is 19.7. The molecule has 1 saturated heterocycles. The predicted molar refractivity (Wildman–Crippen MR) is 129 cm³/mol. The lowest BCUT2D eigenvalue weighted by Crippen LogP contribution is -2.24. The van der Waals surface area contributed by atoms with Gasteiger partial charge in [0.15, 0.2) is 0 Å². The zero-order valence-corrected chi connectivity index (χ0v) is 18.9. The molecule has 0 radical (unpaired) electrons. The summed E-state index contributed by atoms with van der Waals surface area (Å²) in [6, 6.07) is 23.8. The van der Waals surface area contributed by atoms with E-state index in [9.17, 15) is 4.79 Å². The molecule has 0 unspecified atom stereocenters. The minimum absolute atomic E-state index is 0.0194. The molecule has 2 heterocycles. The van der Waals surface area contributed by atoms with Gasteiger partial charge in [-0.05, 0) is 61.0 Å². The Morgan fingerprint density at radius 1 is 1.00 bits per heavy atom. The van der Waals surface area contributed by atoms with Crippen LogP contribution in [0.5, 0.6) is 11.5 Å². The summed E-state index contributed by atoms with van der Waals surface area (Å²) >= 11 is 0. The molecule has 0 N–H and O–H groups in total. The first kappa shape index (κ1) is 21.1. The van der Waals surface area contributed by atoms with Crippen LogP contribution >= 0.6 is 0 Å². The molecule has 1 atom stereocenters. The van der Waals surface area contributed by atoms with E-state index < -0.39 is 0 Å². The molecular weight excluding hydrogens is 414 g/mol. The van der Waals surface area contributed by atoms with E-state index in [1.807, 2.05) is 65.6 Å². The van der Waals surface area contributed by atoms with Gasteiger partial charge in [-0.15, -0.1) is 0 Å². The monoisotopic (exact) mass is 441 g/mol. The third-order valence-electron chi connectivity index (χ3n) is 6.13. The zero-order valence-electron chi connectivity index (χ0n) is 18.9. The van der Waals surface area contributed by atoms with Crippen LogP contribution in [0.2, 0.25) is 0 Å². The summed E-state index contributed by atoms with van der Waals surface area (Å²) in [5.41, 5.74) is 4.06. The third-order valence-corrected chi connectivity index (χ3v) is 6.13. The SMILES string of the molecule is COc1ccc(N2C[C@H](c3nc4ccccc4n3CCOc3cccc(C)c3)CC2=O)cc1. The van der Waals surface area contributed by atoms with E-state index in [2.05, 4.69) is 23.6 Å². The molecule has 0 saturated carbocycles. The maximum Gasteiger partial charge on any atom is 0.227 e. The maximum absolute atomic E-state index is 12.9. The molecule has 6 nitrogen and oxygen atoms in total. The number of anilines is 1. The molecule has 6 heteroatoms. The van der Waals surface area contributed by atoms with Gasteiger partial charge in [-0.2, -0.15) is 0 Å². The Labute approximate surface area is 193 Å². The lowest BCUT2D eigenvalue weighted by atomic mass is 10.1. The number of hydrogen-bond donors (Lipinski definition) is 0. The van der Waals surface area contributed by atoms with Gasteiger partial charge in [0.2, 0.25) is 5.91 Å². The molecule has 1 aromatic heterocycles. The molecule has 5 rings (SSSR count). The molecule has 0 bridgehead atoms. The summed E-state index contributed by atoms with van der Waals surface area (Å²) in [5, 5.41) is 0. The van der Waals surface area contributed by atoms with E-state index >= 15 is 0 Å². The van der Waals surface area contributed by atoms with Crippen molar-refractivity contribution < 1.29 is 14.3 Å². The Morgan fingerprint density at radius 2 is 1.82 bits per heavy atom. The fourth-order valence-corrected chi connectivity index (χ4v) is 4.49. The molecule has 0 spiro atoms. The molecular formula is C27H27N3O3. The number of carbonyl (C=O) groups excluding carboxylic acids is 1. The Hall–Kier alpha value is -3.80. The Kier molecular flexibility index (Phi) is 5.73. The van der Waals surface area contributed by atoms with Gasteiger partial charge >= 0.3 is 0 Å². The number of amides is 1. The van der Waals surface area contributed by atoms with E-state index in [1.165, 1.54) is 5.56 Å². The number of benzene rings is 3. The van der Waals surface area contributed by atoms with Crippen molar-refractivity contribution in [2.75, 3.05) is 25.2 Å². The quantitative estimate of drug-likeness (QED) is 0.407. The summed E-state index contributed by atoms with van der Waals surface area (Å²) in [6.45, 7) is 3.85. The number of aromatic nitrogens is 2. The van der Waals surface area contributed by atoms with Crippen molar-refractivity contribution in [2.24, 2.45) is 0 Å². The van der Waals surface area contributed by atoms with E-state index in [1.54, 1.807) is 7.11 Å². The first-order valence-electron chi connectivity index (χ1n) is 11.2. The summed E-state index contributed by atoms with van der Waals surface area (Å²) < 4.78 is 13.5. The number of hydrogen-bond acceptors (Lipinski definition) is 4. The van der Waals surface area contributed by atoms with Crippen molar-refractivity contribution in [1.29, 1.82) is 0 Å². The lowest BCUT2D eigenvalue weighted by Gasteiger charge is -2.18. The van der Waals surface area contributed by atoms with Crippen LogP contribution in [0.1, 0.15) is 23.7 Å². The van der Waals surface area contributed by atoms with Crippen LogP contribution < -0.4 is 14.4 Å². The third kappa shape index (κ3) is 4.29. The maximum atomic E-state index is 12.9. The van der Waals surface area contributed by atoms with Crippen molar-refractivity contribution in [3.63, 3.8) is 0 Å². The fourth-order valence-electron chi connectivity index (χ4n) is 4.49. The number of nitrogens with zero attached hydrogens (tertiary/aromatic N) is 3. The second-order valence-electron chi connectivity index (χ2n) is 8.38. The number of para-hydroxylation sites is 2. The molecule has 1 aliphatic rings. The molecule has 1 fully saturated rings. The molecule has 3 aromatic carbocycles. The predicted octanol–water partition coefficient (Wildman–Crippen LogP) is 4.95. The number of imidazole rings is 1. The van der Waals surface area contributed by atoms with Gasteiger partial charge in [0.25, 0.3) is 0 Å². The number of carbonyl (C=O) groups is 1. The minimum atomic E-state index is 0.0194. The fraction of sp³-hybridized carbons (Fsp3) is 0.259. The molecule has 0 aliphatic carbocycles. The lowest BCUT2D eigenvalue weighted by molar-refractivity contribution is -0.117. The minimum Gasteiger partial charge on any atom is -0.497 e. The normalized spacial score (nSPS) is 15.9. The van der Waals surface area contributed by atoms with E-state index in [0.29, 0.717) is 26.1 Å². The van der Waals surface area contributed by atoms with Crippen LogP contribution in [-0.2, 0) is 11.3 Å². The van der Waals surface area contributed by atoms with Gasteiger partial charge < -0.3 is 18.9 Å². The van der Waals surface area contributed by atoms with Crippen molar-refractivity contribution in [3.05, 3.63) is 84.2 Å². The molecule has 168 valence electrons. The molecule has 33 heavy (non-hydrogen) atoms. The van der Waals surface area contributed by atoms with Crippen molar-refractivity contribution in [1.82, 2.24) is 9.55 Å². The van der Waals surface area contributed by atoms with Crippen LogP contribution in [0.4, 0.5) is 5.69 Å². The van der Waals surface area contributed by atoms with Crippen LogP contribution in [0.3, 0.4) is 0 Å². The average molecular weight is 442 g/mol. The second-order valence-corrected chi connectivity index (χ2v) is 8.38. The summed E-state index contributed by atoms with van der Waals surface area (Å²) in [6.07, 6.45) is 0.439. The number of fused-ring (bicyclic) bond motifs is 1. The smallest absolute Gasteiger partial charge is 0.227 e. The largest absolute Gasteiger partial charge is 0.497 e. The van der Waals surface area contributed by atoms with Crippen molar-refractivity contribution >= 4 is 22.6 Å². The number of rotatable bonds is 7. The highest BCUT2D eigenvalue weighted by Crippen LogP contribution is 2.33. The van der Waals surface area contributed by atoms with Crippen LogP contribution in [0.25, 0.3) is 11.0 Å². The van der Waals surface area contributed by atoms with Gasteiger partial charge in [0.1, 0.15) is 23.9 Å². The van der Waals surface area contributed by atoms with E-state index in [0.717, 1.165) is 34.0 Å². The highest BCUT2D eigenvalue weighted by molar-refractivity contribution is 5.96. The van der Waals surface area contributed by atoms with Gasteiger partial charge in [-0.25, -0.2) is 4.98 Å². The van der Waals surface area contributed by atoms with Gasteiger partial charge in [0.05, 0.1) is 24.7 Å². The van der Waals surface area contributed by atoms with Crippen molar-refractivity contribution in [2.45, 2.75) is 25.8 Å². The van der Waals surface area contributed by atoms with Crippen molar-refractivity contribution in [3.8, 4) is 11.5 Å². The highest BCUT2D eigenvalue weighted by atomic mass is 16.5. The molecule has 1 amide bonds. The Bertz CT molecular complexity index is 1280. The first-order valence-corrected chi connectivity index (χ1v) is 11.2. The van der Waals surface area contributed by atoms with Crippen LogP contribution in [0, 0.1) is 6.92 Å². The summed E-state index contributed by atoms with van der Waals surface area (Å²) in [7, 11) is 1.64. The highest BCUT2D eigenvalue weighted by Gasteiger charge is 2.34. The van der Waals surface area contributed by atoms with Crippen LogP contribution in [0.15, 0.2) is 72.8 Å². The Balaban J connectivity index is 1.39.